The lowest BCUT2D eigenvalue weighted by molar-refractivity contribution is -0.139. The number of para-hydroxylation sites is 1. The van der Waals surface area contributed by atoms with Gasteiger partial charge in [-0.2, -0.15) is 0 Å². The summed E-state index contributed by atoms with van der Waals surface area (Å²) < 4.78 is 24.6. The van der Waals surface area contributed by atoms with E-state index in [0.29, 0.717) is 56.4 Å². The summed E-state index contributed by atoms with van der Waals surface area (Å²) in [7, 11) is 0. The van der Waals surface area contributed by atoms with Crippen LogP contribution in [-0.2, 0) is 20.9 Å². The number of fused-ring (bicyclic) bond motifs is 1. The Labute approximate surface area is 271 Å². The van der Waals surface area contributed by atoms with Crippen molar-refractivity contribution in [3.05, 3.63) is 126 Å². The highest BCUT2D eigenvalue weighted by Gasteiger charge is 2.35. The maximum atomic E-state index is 14.1. The monoisotopic (exact) mass is 640 g/mol. The molecule has 0 saturated heterocycles. The van der Waals surface area contributed by atoms with Crippen molar-refractivity contribution in [3.63, 3.8) is 0 Å². The first-order valence-electron chi connectivity index (χ1n) is 15.1. The fourth-order valence-electron chi connectivity index (χ4n) is 5.12. The lowest BCUT2D eigenvalue weighted by Gasteiger charge is -2.26. The van der Waals surface area contributed by atoms with Gasteiger partial charge in [0.05, 0.1) is 40.7 Å². The molecule has 0 N–H and O–H groups in total. The summed E-state index contributed by atoms with van der Waals surface area (Å²) in [6.45, 7) is 9.92. The van der Waals surface area contributed by atoms with Gasteiger partial charge < -0.3 is 18.9 Å². The van der Waals surface area contributed by atoms with Gasteiger partial charge in [-0.3, -0.25) is 9.36 Å². The van der Waals surface area contributed by atoms with Gasteiger partial charge in [0.1, 0.15) is 24.1 Å². The maximum Gasteiger partial charge on any atom is 0.338 e. The van der Waals surface area contributed by atoms with E-state index in [4.69, 9.17) is 18.9 Å². The standard InChI is InChI=1S/C36H36N2O7S/c1-6-42-34(40)26-17-15-24(16-18-26)21-44-27-12-10-11-25(19-27)20-30-33(39)38-32(28-13-8-9-14-29(28)45-22(3)4)31(35(41)43-7-2)23(5)37-36(38)46-30/h8-20,22,32H,6-7,21H2,1-5H3/b30-20-/t32-/m0/s1. The van der Waals surface area contributed by atoms with Crippen molar-refractivity contribution in [1.82, 2.24) is 4.57 Å². The van der Waals surface area contributed by atoms with E-state index < -0.39 is 12.0 Å². The number of nitrogens with zero attached hydrogens (tertiary/aromatic N) is 2. The number of esters is 2. The molecule has 0 radical (unpaired) electrons. The first-order chi connectivity index (χ1) is 22.2. The fraction of sp³-hybridized carbons (Fsp3) is 0.278. The zero-order valence-electron chi connectivity index (χ0n) is 26.4. The highest BCUT2D eigenvalue weighted by Crippen LogP contribution is 2.36. The third kappa shape index (κ3) is 7.13. The summed E-state index contributed by atoms with van der Waals surface area (Å²) in [5.41, 5.74) is 3.31. The Morgan fingerprint density at radius 3 is 2.39 bits per heavy atom. The fourth-order valence-corrected chi connectivity index (χ4v) is 6.16. The Hall–Kier alpha value is -4.96. The van der Waals surface area contributed by atoms with E-state index >= 15 is 0 Å². The number of hydrogen-bond acceptors (Lipinski definition) is 9. The topological polar surface area (TPSA) is 105 Å². The smallest absolute Gasteiger partial charge is 0.338 e. The number of hydrogen-bond donors (Lipinski definition) is 0. The molecule has 3 aromatic carbocycles. The predicted octanol–water partition coefficient (Wildman–Crippen LogP) is 5.34. The van der Waals surface area contributed by atoms with Crippen LogP contribution in [0.1, 0.15) is 67.7 Å². The highest BCUT2D eigenvalue weighted by molar-refractivity contribution is 7.07. The Kier molecular flexibility index (Phi) is 10.2. The molecule has 0 aliphatic carbocycles. The van der Waals surface area contributed by atoms with Crippen molar-refractivity contribution >= 4 is 29.4 Å². The van der Waals surface area contributed by atoms with Crippen molar-refractivity contribution in [3.8, 4) is 11.5 Å². The molecule has 0 saturated carbocycles. The molecular formula is C36H36N2O7S. The van der Waals surface area contributed by atoms with Gasteiger partial charge in [-0.05, 0) is 82.2 Å². The number of carbonyl (C=O) groups is 2. The Morgan fingerprint density at radius 2 is 1.67 bits per heavy atom. The molecule has 10 heteroatoms. The molecule has 0 unspecified atom stereocenters. The van der Waals surface area contributed by atoms with E-state index in [0.717, 1.165) is 11.1 Å². The molecule has 1 aliphatic rings. The summed E-state index contributed by atoms with van der Waals surface area (Å²) in [5.74, 6) is 0.311. The lowest BCUT2D eigenvalue weighted by Crippen LogP contribution is -2.40. The van der Waals surface area contributed by atoms with Crippen LogP contribution in [0.3, 0.4) is 0 Å². The average molecular weight is 641 g/mol. The second kappa shape index (κ2) is 14.4. The van der Waals surface area contributed by atoms with E-state index in [1.54, 1.807) is 43.5 Å². The molecular weight excluding hydrogens is 604 g/mol. The van der Waals surface area contributed by atoms with Gasteiger partial charge in [0.15, 0.2) is 4.80 Å². The highest BCUT2D eigenvalue weighted by atomic mass is 32.1. The molecule has 2 heterocycles. The number of aromatic nitrogens is 1. The minimum atomic E-state index is -0.780. The minimum absolute atomic E-state index is 0.119. The van der Waals surface area contributed by atoms with Crippen LogP contribution >= 0.6 is 11.3 Å². The molecule has 0 spiro atoms. The molecule has 5 rings (SSSR count). The summed E-state index contributed by atoms with van der Waals surface area (Å²) in [4.78, 5) is 44.4. The molecule has 9 nitrogen and oxygen atoms in total. The van der Waals surface area contributed by atoms with E-state index in [2.05, 4.69) is 4.99 Å². The van der Waals surface area contributed by atoms with Crippen molar-refractivity contribution in [2.45, 2.75) is 53.4 Å². The van der Waals surface area contributed by atoms with Gasteiger partial charge in [0.25, 0.3) is 5.56 Å². The molecule has 238 valence electrons. The lowest BCUT2D eigenvalue weighted by atomic mass is 9.95. The number of allylic oxidation sites excluding steroid dienone is 1. The largest absolute Gasteiger partial charge is 0.491 e. The van der Waals surface area contributed by atoms with Crippen LogP contribution in [0.5, 0.6) is 11.5 Å². The van der Waals surface area contributed by atoms with Crippen molar-refractivity contribution < 1.29 is 28.5 Å². The van der Waals surface area contributed by atoms with Crippen LogP contribution in [0.4, 0.5) is 0 Å². The van der Waals surface area contributed by atoms with Gasteiger partial charge in [0.2, 0.25) is 0 Å². The van der Waals surface area contributed by atoms with Crippen LogP contribution < -0.4 is 24.4 Å². The Balaban J connectivity index is 1.49. The second-order valence-electron chi connectivity index (χ2n) is 10.8. The molecule has 1 aliphatic heterocycles. The number of carbonyl (C=O) groups excluding carboxylic acids is 2. The first-order valence-corrected chi connectivity index (χ1v) is 16.0. The molecule has 0 fully saturated rings. The Bertz CT molecular complexity index is 1950. The van der Waals surface area contributed by atoms with E-state index in [-0.39, 0.29) is 24.2 Å². The van der Waals surface area contributed by atoms with Crippen LogP contribution in [0.15, 0.2) is 93.9 Å². The van der Waals surface area contributed by atoms with E-state index in [1.807, 2.05) is 74.5 Å². The van der Waals surface area contributed by atoms with E-state index in [9.17, 15) is 14.4 Å². The van der Waals surface area contributed by atoms with Crippen LogP contribution in [0, 0.1) is 0 Å². The maximum absolute atomic E-state index is 14.1. The van der Waals surface area contributed by atoms with Crippen molar-refractivity contribution in [1.29, 1.82) is 0 Å². The van der Waals surface area contributed by atoms with Gasteiger partial charge >= 0.3 is 11.9 Å². The normalized spacial score (nSPS) is 14.5. The predicted molar refractivity (Wildman–Crippen MR) is 176 cm³/mol. The number of rotatable bonds is 11. The molecule has 1 atom stereocenters. The quantitative estimate of drug-likeness (QED) is 0.204. The van der Waals surface area contributed by atoms with Crippen LogP contribution in [0.2, 0.25) is 0 Å². The molecule has 46 heavy (non-hydrogen) atoms. The van der Waals surface area contributed by atoms with Crippen molar-refractivity contribution in [2.24, 2.45) is 4.99 Å². The zero-order chi connectivity index (χ0) is 32.8. The third-order valence-corrected chi connectivity index (χ3v) is 8.10. The number of benzene rings is 3. The van der Waals surface area contributed by atoms with Gasteiger partial charge in [-0.15, -0.1) is 0 Å². The summed E-state index contributed by atoms with van der Waals surface area (Å²) in [6, 6.07) is 21.1. The van der Waals surface area contributed by atoms with Gasteiger partial charge in [0, 0.05) is 5.56 Å². The summed E-state index contributed by atoms with van der Waals surface area (Å²) in [6.07, 6.45) is 1.67. The van der Waals surface area contributed by atoms with Gasteiger partial charge in [-0.1, -0.05) is 53.8 Å². The average Bonchev–Trinajstić information content (AvgIpc) is 3.33. The number of ether oxygens (including phenoxy) is 4. The summed E-state index contributed by atoms with van der Waals surface area (Å²) in [5, 5.41) is 0. The summed E-state index contributed by atoms with van der Waals surface area (Å²) >= 11 is 1.25. The molecule has 4 aromatic rings. The number of thiazole rings is 1. The van der Waals surface area contributed by atoms with Crippen LogP contribution in [0.25, 0.3) is 6.08 Å². The molecule has 0 bridgehead atoms. The molecule has 0 amide bonds. The van der Waals surface area contributed by atoms with E-state index in [1.165, 1.54) is 11.3 Å². The zero-order valence-corrected chi connectivity index (χ0v) is 27.3. The second-order valence-corrected chi connectivity index (χ2v) is 11.8. The van der Waals surface area contributed by atoms with Crippen LogP contribution in [-0.4, -0.2) is 35.8 Å². The first kappa shape index (κ1) is 32.4. The third-order valence-electron chi connectivity index (χ3n) is 7.12. The molecule has 1 aromatic heterocycles. The van der Waals surface area contributed by atoms with Crippen molar-refractivity contribution in [2.75, 3.05) is 13.2 Å². The minimum Gasteiger partial charge on any atom is -0.491 e. The SMILES string of the molecule is CCOC(=O)C1=C(C)N=c2s/c(=C\c3cccc(OCc4ccc(C(=O)OCC)cc4)c3)c(=O)n2[C@H]1c1ccccc1OC(C)C. The van der Waals surface area contributed by atoms with Gasteiger partial charge in [-0.25, -0.2) is 14.6 Å². The Morgan fingerprint density at radius 1 is 0.957 bits per heavy atom.